The van der Waals surface area contributed by atoms with Crippen LogP contribution in [0.5, 0.6) is 5.75 Å². The zero-order valence-electron chi connectivity index (χ0n) is 21.4. The summed E-state index contributed by atoms with van der Waals surface area (Å²) >= 11 is 0. The number of phenols is 1. The normalized spacial score (nSPS) is 36.9. The van der Waals surface area contributed by atoms with Gasteiger partial charge in [0.05, 0.1) is 37.8 Å². The van der Waals surface area contributed by atoms with Crippen LogP contribution in [0.15, 0.2) is 48.8 Å². The van der Waals surface area contributed by atoms with Gasteiger partial charge in [-0.1, -0.05) is 18.2 Å². The molecule has 1 aromatic rings. The van der Waals surface area contributed by atoms with Crippen LogP contribution in [0.1, 0.15) is 30.9 Å². The molecule has 12 heteroatoms. The van der Waals surface area contributed by atoms with E-state index in [1.165, 1.54) is 31.6 Å². The van der Waals surface area contributed by atoms with Crippen LogP contribution in [0.3, 0.4) is 0 Å². The van der Waals surface area contributed by atoms with E-state index in [1.807, 2.05) is 0 Å². The molecule has 5 N–H and O–H groups in total. The number of ether oxygens (including phenoxy) is 5. The Hall–Kier alpha value is -2.84. The number of aliphatic hydroxyl groups excluding tert-OH is 4. The smallest absolute Gasteiger partial charge is 0.337 e. The van der Waals surface area contributed by atoms with Crippen molar-refractivity contribution < 1.29 is 58.8 Å². The lowest BCUT2D eigenvalue weighted by Gasteiger charge is -2.43. The molecule has 1 aromatic carbocycles. The number of carbonyl (C=O) groups is 2. The van der Waals surface area contributed by atoms with Crippen LogP contribution >= 0.6 is 0 Å². The van der Waals surface area contributed by atoms with Crippen molar-refractivity contribution in [2.45, 2.75) is 68.5 Å². The summed E-state index contributed by atoms with van der Waals surface area (Å²) < 4.78 is 28.1. The molecule has 0 saturated carbocycles. The van der Waals surface area contributed by atoms with E-state index in [0.29, 0.717) is 0 Å². The fourth-order valence-corrected chi connectivity index (χ4v) is 5.21. The first-order valence-corrected chi connectivity index (χ1v) is 12.6. The van der Waals surface area contributed by atoms with E-state index >= 15 is 0 Å². The third kappa shape index (κ3) is 6.33. The van der Waals surface area contributed by atoms with E-state index in [1.54, 1.807) is 12.1 Å². The third-order valence-electron chi connectivity index (χ3n) is 7.32. The van der Waals surface area contributed by atoms with Crippen LogP contribution in [-0.4, -0.2) is 94.1 Å². The van der Waals surface area contributed by atoms with Gasteiger partial charge >= 0.3 is 5.97 Å². The molecule has 3 aliphatic heterocycles. The molecule has 4 rings (SSSR count). The van der Waals surface area contributed by atoms with E-state index in [2.05, 4.69) is 6.58 Å². The zero-order chi connectivity index (χ0) is 28.3. The van der Waals surface area contributed by atoms with Gasteiger partial charge in [0, 0.05) is 24.7 Å². The minimum atomic E-state index is -1.66. The fourth-order valence-electron chi connectivity index (χ4n) is 5.21. The Morgan fingerprint density at radius 3 is 2.44 bits per heavy atom. The lowest BCUT2D eigenvalue weighted by atomic mass is 9.78. The van der Waals surface area contributed by atoms with Gasteiger partial charge in [0.2, 0.25) is 6.29 Å². The highest BCUT2D eigenvalue weighted by molar-refractivity contribution is 5.89. The molecule has 0 aromatic heterocycles. The number of carbonyl (C=O) groups excluding carboxylic acids is 2. The average Bonchev–Trinajstić information content (AvgIpc) is 2.93. The van der Waals surface area contributed by atoms with E-state index in [-0.39, 0.29) is 36.4 Å². The number of benzene rings is 1. The van der Waals surface area contributed by atoms with Crippen molar-refractivity contribution in [3.8, 4) is 5.75 Å². The van der Waals surface area contributed by atoms with Gasteiger partial charge in [-0.2, -0.15) is 0 Å². The quantitative estimate of drug-likeness (QED) is 0.220. The maximum absolute atomic E-state index is 12.7. The van der Waals surface area contributed by atoms with Crippen LogP contribution in [0, 0.1) is 11.8 Å². The summed E-state index contributed by atoms with van der Waals surface area (Å²) in [5.74, 6) is -1.95. The number of aliphatic hydroxyl groups is 4. The van der Waals surface area contributed by atoms with Gasteiger partial charge in [0.1, 0.15) is 35.9 Å². The molecule has 0 bridgehead atoms. The number of ketones is 1. The lowest BCUT2D eigenvalue weighted by Crippen LogP contribution is -2.60. The number of esters is 1. The van der Waals surface area contributed by atoms with Gasteiger partial charge in [-0.05, 0) is 24.1 Å². The second-order valence-electron chi connectivity index (χ2n) is 9.84. The topological polar surface area (TPSA) is 181 Å². The van der Waals surface area contributed by atoms with Gasteiger partial charge in [-0.15, -0.1) is 6.58 Å². The Morgan fingerprint density at radius 2 is 1.79 bits per heavy atom. The second-order valence-corrected chi connectivity index (χ2v) is 9.84. The van der Waals surface area contributed by atoms with Crippen molar-refractivity contribution in [3.63, 3.8) is 0 Å². The molecule has 0 aliphatic carbocycles. The summed E-state index contributed by atoms with van der Waals surface area (Å²) in [6.45, 7) is 3.22. The van der Waals surface area contributed by atoms with Crippen molar-refractivity contribution in [2.24, 2.45) is 11.8 Å². The molecule has 0 radical (unpaired) electrons. The zero-order valence-corrected chi connectivity index (χ0v) is 21.4. The monoisotopic (exact) mass is 550 g/mol. The Kier molecular flexibility index (Phi) is 9.39. The van der Waals surface area contributed by atoms with Gasteiger partial charge in [0.25, 0.3) is 0 Å². The van der Waals surface area contributed by atoms with Crippen LogP contribution in [-0.2, 0) is 33.3 Å². The van der Waals surface area contributed by atoms with E-state index < -0.39 is 73.6 Å². The highest BCUT2D eigenvalue weighted by atomic mass is 16.8. The summed E-state index contributed by atoms with van der Waals surface area (Å²) in [7, 11) is 1.22. The highest BCUT2D eigenvalue weighted by Gasteiger charge is 2.48. The van der Waals surface area contributed by atoms with Crippen LogP contribution < -0.4 is 0 Å². The minimum absolute atomic E-state index is 0.0238. The molecule has 2 fully saturated rings. The SMILES string of the molecule is C=CC1C(OC2OC(CO)C(O)C(O)C2O)OC=C(C(=O)OC)C1CC1CC(=O)CC(c2ccc(O)cc2)O1. The molecule has 3 heterocycles. The molecule has 0 amide bonds. The molecule has 10 unspecified atom stereocenters. The first-order valence-electron chi connectivity index (χ1n) is 12.6. The summed E-state index contributed by atoms with van der Waals surface area (Å²) in [5, 5.41) is 49.7. The predicted molar refractivity (Wildman–Crippen MR) is 132 cm³/mol. The predicted octanol–water partition coefficient (Wildman–Crippen LogP) is 0.220. The maximum Gasteiger partial charge on any atom is 0.337 e. The van der Waals surface area contributed by atoms with Crippen molar-refractivity contribution >= 4 is 11.8 Å². The number of aromatic hydroxyl groups is 1. The summed E-state index contributed by atoms with van der Waals surface area (Å²) in [6, 6.07) is 6.39. The molecule has 10 atom stereocenters. The maximum atomic E-state index is 12.7. The summed E-state index contributed by atoms with van der Waals surface area (Å²) in [5.41, 5.74) is 0.893. The number of hydrogen-bond donors (Lipinski definition) is 5. The van der Waals surface area contributed by atoms with E-state index in [0.717, 1.165) is 5.56 Å². The minimum Gasteiger partial charge on any atom is -0.508 e. The molecule has 3 aliphatic rings. The number of phenolic OH excluding ortho intramolecular Hbond substituents is 1. The van der Waals surface area contributed by atoms with Crippen LogP contribution in [0.25, 0.3) is 0 Å². The van der Waals surface area contributed by atoms with Gasteiger partial charge in [-0.3, -0.25) is 4.79 Å². The number of Topliss-reactive ketones (excluding diaryl/α,β-unsaturated/α-hetero) is 1. The van der Waals surface area contributed by atoms with E-state index in [9.17, 15) is 35.1 Å². The molecule has 2 saturated heterocycles. The molecule has 39 heavy (non-hydrogen) atoms. The number of methoxy groups -OCH3 is 1. The van der Waals surface area contributed by atoms with Crippen molar-refractivity contribution in [1.82, 2.24) is 0 Å². The van der Waals surface area contributed by atoms with Crippen LogP contribution in [0.4, 0.5) is 0 Å². The Bertz CT molecular complexity index is 1050. The second kappa shape index (κ2) is 12.6. The molecule has 12 nitrogen and oxygen atoms in total. The summed E-state index contributed by atoms with van der Waals surface area (Å²) in [4.78, 5) is 25.3. The largest absolute Gasteiger partial charge is 0.508 e. The van der Waals surface area contributed by atoms with Crippen LogP contribution in [0.2, 0.25) is 0 Å². The number of hydrogen-bond acceptors (Lipinski definition) is 12. The first-order chi connectivity index (χ1) is 18.7. The highest BCUT2D eigenvalue weighted by Crippen LogP contribution is 2.41. The van der Waals surface area contributed by atoms with Gasteiger partial charge < -0.3 is 49.2 Å². The standard InChI is InChI=1S/C27H34O12/c1-3-17-18(10-16-8-15(30)9-20(37-16)13-4-6-14(29)7-5-13)19(25(34)35-2)12-36-26(17)39-27-24(33)23(32)22(31)21(11-28)38-27/h3-7,12,16-18,20-24,26-29,31-33H,1,8-11H2,2H3. The van der Waals surface area contributed by atoms with Gasteiger partial charge in [-0.25, -0.2) is 4.79 Å². The molecule has 214 valence electrons. The average molecular weight is 551 g/mol. The molecular weight excluding hydrogens is 516 g/mol. The third-order valence-corrected chi connectivity index (χ3v) is 7.32. The Labute approximate surface area is 225 Å². The fraction of sp³-hybridized carbons (Fsp3) is 0.556. The Morgan fingerprint density at radius 1 is 1.08 bits per heavy atom. The lowest BCUT2D eigenvalue weighted by molar-refractivity contribution is -0.339. The summed E-state index contributed by atoms with van der Waals surface area (Å²) in [6.07, 6.45) is -6.67. The van der Waals surface area contributed by atoms with Crippen molar-refractivity contribution in [1.29, 1.82) is 0 Å². The van der Waals surface area contributed by atoms with Gasteiger partial charge in [0.15, 0.2) is 6.29 Å². The van der Waals surface area contributed by atoms with E-state index in [4.69, 9.17) is 23.7 Å². The van der Waals surface area contributed by atoms with Crippen molar-refractivity contribution in [3.05, 3.63) is 54.3 Å². The molecule has 0 spiro atoms. The number of rotatable bonds is 8. The Balaban J connectivity index is 1.55. The molecular formula is C27H34O12. The first kappa shape index (κ1) is 29.2. The van der Waals surface area contributed by atoms with Crippen molar-refractivity contribution in [2.75, 3.05) is 13.7 Å².